The van der Waals surface area contributed by atoms with Crippen LogP contribution in [0.2, 0.25) is 0 Å². The summed E-state index contributed by atoms with van der Waals surface area (Å²) in [6, 6.07) is 6.28. The first kappa shape index (κ1) is 24.8. The van der Waals surface area contributed by atoms with E-state index in [-0.39, 0.29) is 29.7 Å². The lowest BCUT2D eigenvalue weighted by Gasteiger charge is -2.50. The summed E-state index contributed by atoms with van der Waals surface area (Å²) in [4.78, 5) is 42.4. The minimum absolute atomic E-state index is 0.0597. The number of nitrogens with zero attached hydrogens (tertiary/aromatic N) is 2. The minimum Gasteiger partial charge on any atom is -0.508 e. The van der Waals surface area contributed by atoms with E-state index < -0.39 is 58.0 Å². The largest absolute Gasteiger partial charge is 0.508 e. The Kier molecular flexibility index (Phi) is 5.40. The fourth-order valence-corrected chi connectivity index (χ4v) is 6.28. The van der Waals surface area contributed by atoms with Gasteiger partial charge in [0.2, 0.25) is 5.78 Å². The molecule has 1 amide bonds. The number of hydrogen-bond acceptors (Lipinski definition) is 9. The van der Waals surface area contributed by atoms with Crippen LogP contribution in [-0.2, 0) is 20.8 Å². The van der Waals surface area contributed by atoms with Crippen molar-refractivity contribution in [3.8, 4) is 5.75 Å². The molecular formula is C27H29N3O7. The Morgan fingerprint density at radius 3 is 2.35 bits per heavy atom. The summed E-state index contributed by atoms with van der Waals surface area (Å²) in [5.41, 5.74) is 3.24. The first-order chi connectivity index (χ1) is 17.3. The van der Waals surface area contributed by atoms with Crippen molar-refractivity contribution in [2.75, 3.05) is 33.1 Å². The second-order valence-electron chi connectivity index (χ2n) is 10.5. The summed E-state index contributed by atoms with van der Waals surface area (Å²) in [5.74, 6) is -6.54. The number of nitrogens with two attached hydrogens (primary N) is 1. The number of ketones is 2. The van der Waals surface area contributed by atoms with Crippen LogP contribution in [0, 0.1) is 11.8 Å². The van der Waals surface area contributed by atoms with Gasteiger partial charge in [-0.15, -0.1) is 0 Å². The first-order valence-electron chi connectivity index (χ1n) is 11.9. The molecule has 0 saturated heterocycles. The van der Waals surface area contributed by atoms with Gasteiger partial charge < -0.3 is 31.1 Å². The highest BCUT2D eigenvalue weighted by molar-refractivity contribution is 6.24. The molecule has 1 saturated carbocycles. The average Bonchev–Trinajstić information content (AvgIpc) is 2.80. The van der Waals surface area contributed by atoms with Crippen LogP contribution in [0.25, 0.3) is 16.5 Å². The number of phenolic OH excluding ortho intramolecular Hbond substituents is 1. The monoisotopic (exact) mass is 507 g/mol. The van der Waals surface area contributed by atoms with Gasteiger partial charge in [0.1, 0.15) is 22.8 Å². The molecule has 4 atom stereocenters. The standard InChI is InChI=1S/C27H29N3O7/c1-29(2)14-6-5-11-7-12-8-13-9-16-20(30(3)4)23(33)19(26(28)36)25(35)27(16,37)24(34)18(13)22(32)17(12)21(31)15(11)10-14/h5-7,10,13,16,20,31-32,35,37H,8-9H2,1-4H3,(H2,28,36)/t13-,16-,20-,27-/m0/s1. The smallest absolute Gasteiger partial charge is 0.255 e. The van der Waals surface area contributed by atoms with E-state index in [0.29, 0.717) is 10.9 Å². The number of Topliss-reactive ketones (excluding diaryl/α,β-unsaturated/α-hetero) is 2. The quantitative estimate of drug-likeness (QED) is 0.384. The van der Waals surface area contributed by atoms with Crippen molar-refractivity contribution < 1.29 is 34.8 Å². The van der Waals surface area contributed by atoms with E-state index in [1.54, 1.807) is 20.2 Å². The molecule has 0 aromatic heterocycles. The van der Waals surface area contributed by atoms with E-state index in [1.807, 2.05) is 37.2 Å². The van der Waals surface area contributed by atoms with Crippen LogP contribution in [0.5, 0.6) is 5.75 Å². The second kappa shape index (κ2) is 8.06. The van der Waals surface area contributed by atoms with Crippen LogP contribution in [-0.4, -0.2) is 82.6 Å². The van der Waals surface area contributed by atoms with Gasteiger partial charge in [-0.25, -0.2) is 0 Å². The number of benzene rings is 2. The molecule has 1 fully saturated rings. The van der Waals surface area contributed by atoms with E-state index >= 15 is 0 Å². The number of fused-ring (bicyclic) bond motifs is 4. The summed E-state index contributed by atoms with van der Waals surface area (Å²) in [6.45, 7) is 0. The van der Waals surface area contributed by atoms with Gasteiger partial charge in [0.05, 0.1) is 11.6 Å². The highest BCUT2D eigenvalue weighted by atomic mass is 16.3. The molecule has 0 spiro atoms. The highest BCUT2D eigenvalue weighted by Crippen LogP contribution is 2.53. The summed E-state index contributed by atoms with van der Waals surface area (Å²) in [5, 5.41) is 46.3. The van der Waals surface area contributed by atoms with Gasteiger partial charge in [0, 0.05) is 36.7 Å². The fraction of sp³-hybridized carbons (Fsp3) is 0.370. The molecule has 3 aliphatic rings. The number of aromatic hydroxyl groups is 1. The van der Waals surface area contributed by atoms with Gasteiger partial charge in [0.25, 0.3) is 5.91 Å². The molecule has 5 rings (SSSR count). The van der Waals surface area contributed by atoms with Crippen LogP contribution in [0.3, 0.4) is 0 Å². The summed E-state index contributed by atoms with van der Waals surface area (Å²) < 4.78 is 0. The number of aliphatic hydroxyl groups is 3. The molecule has 10 heteroatoms. The number of phenols is 1. The lowest BCUT2D eigenvalue weighted by atomic mass is 9.57. The van der Waals surface area contributed by atoms with Crippen LogP contribution in [0.1, 0.15) is 17.5 Å². The lowest BCUT2D eigenvalue weighted by molar-refractivity contribution is -0.153. The normalized spacial score (nSPS) is 27.4. The van der Waals surface area contributed by atoms with Gasteiger partial charge >= 0.3 is 0 Å². The number of hydrogen-bond donors (Lipinski definition) is 5. The van der Waals surface area contributed by atoms with E-state index in [2.05, 4.69) is 0 Å². The zero-order valence-corrected chi connectivity index (χ0v) is 20.9. The van der Waals surface area contributed by atoms with Crippen molar-refractivity contribution >= 4 is 39.7 Å². The maximum absolute atomic E-state index is 13.9. The number of primary amides is 1. The van der Waals surface area contributed by atoms with Crippen molar-refractivity contribution in [2.45, 2.75) is 24.5 Å². The summed E-state index contributed by atoms with van der Waals surface area (Å²) >= 11 is 0. The maximum Gasteiger partial charge on any atom is 0.255 e. The van der Waals surface area contributed by atoms with Gasteiger partial charge in [-0.3, -0.25) is 19.3 Å². The zero-order chi connectivity index (χ0) is 27.1. The number of aliphatic hydroxyl groups excluding tert-OH is 2. The predicted molar refractivity (Wildman–Crippen MR) is 136 cm³/mol. The molecule has 2 aromatic rings. The van der Waals surface area contributed by atoms with Crippen LogP contribution in [0.4, 0.5) is 5.69 Å². The summed E-state index contributed by atoms with van der Waals surface area (Å²) in [6.07, 6.45) is 0.317. The van der Waals surface area contributed by atoms with E-state index in [9.17, 15) is 34.8 Å². The lowest BCUT2D eigenvalue weighted by Crippen LogP contribution is -2.65. The average molecular weight is 508 g/mol. The third-order valence-electron chi connectivity index (χ3n) is 8.03. The molecule has 3 aliphatic carbocycles. The Morgan fingerprint density at radius 2 is 1.76 bits per heavy atom. The molecule has 0 aliphatic heterocycles. The maximum atomic E-state index is 13.9. The predicted octanol–water partition coefficient (Wildman–Crippen LogP) is 1.18. The molecule has 0 unspecified atom stereocenters. The van der Waals surface area contributed by atoms with Gasteiger partial charge in [0.15, 0.2) is 11.4 Å². The van der Waals surface area contributed by atoms with Crippen molar-refractivity contribution in [2.24, 2.45) is 17.6 Å². The van der Waals surface area contributed by atoms with Crippen LogP contribution < -0.4 is 10.6 Å². The Bertz CT molecular complexity index is 1470. The highest BCUT2D eigenvalue weighted by Gasteiger charge is 2.64. The van der Waals surface area contributed by atoms with Crippen LogP contribution in [0.15, 0.2) is 41.2 Å². The molecule has 194 valence electrons. The van der Waals surface area contributed by atoms with Gasteiger partial charge in [-0.1, -0.05) is 12.1 Å². The number of likely N-dealkylation sites (N-methyl/N-ethyl adjacent to an activating group) is 1. The second-order valence-corrected chi connectivity index (χ2v) is 10.5. The number of anilines is 1. The third-order valence-corrected chi connectivity index (χ3v) is 8.03. The molecule has 6 N–H and O–H groups in total. The Morgan fingerprint density at radius 1 is 1.08 bits per heavy atom. The third kappa shape index (κ3) is 3.22. The molecule has 0 heterocycles. The van der Waals surface area contributed by atoms with Crippen LogP contribution >= 0.6 is 0 Å². The topological polar surface area (TPSA) is 165 Å². The van der Waals surface area contributed by atoms with E-state index in [0.717, 1.165) is 11.1 Å². The molecule has 0 radical (unpaired) electrons. The Labute approximate surface area is 212 Å². The molecule has 37 heavy (non-hydrogen) atoms. The van der Waals surface area contributed by atoms with Gasteiger partial charge in [-0.05, 0) is 55.9 Å². The Balaban J connectivity index is 1.74. The fourth-order valence-electron chi connectivity index (χ4n) is 6.28. The molecular weight excluding hydrogens is 478 g/mol. The zero-order valence-electron chi connectivity index (χ0n) is 20.9. The van der Waals surface area contributed by atoms with Crippen molar-refractivity contribution in [1.82, 2.24) is 4.90 Å². The van der Waals surface area contributed by atoms with Crippen molar-refractivity contribution in [3.05, 3.63) is 52.3 Å². The van der Waals surface area contributed by atoms with Gasteiger partial charge in [-0.2, -0.15) is 0 Å². The van der Waals surface area contributed by atoms with E-state index in [4.69, 9.17) is 5.73 Å². The molecule has 0 bridgehead atoms. The minimum atomic E-state index is -2.64. The Hall–Kier alpha value is -3.89. The summed E-state index contributed by atoms with van der Waals surface area (Å²) in [7, 11) is 6.85. The number of carbonyl (C=O) groups excluding carboxylic acids is 3. The molecule has 2 aromatic carbocycles. The SMILES string of the molecule is CN(C)c1ccc2cc3c(c(O)c2c1)C(O)=C1C(=O)[C@]2(O)C(O)=C(C(N)=O)C(=O)[C@@H](N(C)C)[C@@H]2C[C@@H]1C3. The molecule has 10 nitrogen and oxygen atoms in total. The number of rotatable bonds is 3. The van der Waals surface area contributed by atoms with Crippen molar-refractivity contribution in [1.29, 1.82) is 0 Å². The van der Waals surface area contributed by atoms with Crippen molar-refractivity contribution in [3.63, 3.8) is 0 Å². The first-order valence-corrected chi connectivity index (χ1v) is 11.9. The number of carbonyl (C=O) groups is 3. The number of amides is 1. The van der Waals surface area contributed by atoms with E-state index in [1.165, 1.54) is 4.90 Å².